The third-order valence-corrected chi connectivity index (χ3v) is 5.65. The van der Waals surface area contributed by atoms with Crippen molar-refractivity contribution in [2.24, 2.45) is 7.05 Å². The Hall–Kier alpha value is -3.06. The number of ether oxygens (including phenoxy) is 1. The fourth-order valence-corrected chi connectivity index (χ4v) is 4.15. The van der Waals surface area contributed by atoms with E-state index in [0.717, 1.165) is 0 Å². The summed E-state index contributed by atoms with van der Waals surface area (Å²) in [7, 11) is 1.62. The molecule has 10 heteroatoms. The van der Waals surface area contributed by atoms with Crippen molar-refractivity contribution >= 4 is 44.9 Å². The molecule has 3 amide bonds. The van der Waals surface area contributed by atoms with Crippen LogP contribution in [-0.2, 0) is 21.4 Å². The van der Waals surface area contributed by atoms with E-state index in [1.165, 1.54) is 9.13 Å². The minimum Gasteiger partial charge on any atom is -0.444 e. The van der Waals surface area contributed by atoms with Gasteiger partial charge in [-0.05, 0) is 55.3 Å². The zero-order chi connectivity index (χ0) is 23.6. The van der Waals surface area contributed by atoms with E-state index >= 15 is 0 Å². The van der Waals surface area contributed by atoms with Crippen LogP contribution in [-0.4, -0.2) is 39.2 Å². The van der Waals surface area contributed by atoms with Gasteiger partial charge in [-0.2, -0.15) is 0 Å². The number of nitrogens with one attached hydrogen (secondary N) is 2. The zero-order valence-corrected chi connectivity index (χ0v) is 20.0. The van der Waals surface area contributed by atoms with Gasteiger partial charge in [-0.3, -0.25) is 24.0 Å². The summed E-state index contributed by atoms with van der Waals surface area (Å²) in [5.74, 6) is 5.22. The smallest absolute Gasteiger partial charge is 0.407 e. The van der Waals surface area contributed by atoms with Crippen LogP contribution in [0.3, 0.4) is 0 Å². The van der Waals surface area contributed by atoms with E-state index in [4.69, 9.17) is 4.74 Å². The molecule has 1 aliphatic heterocycles. The molecule has 0 spiro atoms. The number of halogens is 1. The van der Waals surface area contributed by atoms with Crippen LogP contribution in [0.25, 0.3) is 11.0 Å². The summed E-state index contributed by atoms with van der Waals surface area (Å²) in [6.07, 6.45) is 0.376. The molecule has 2 heterocycles. The summed E-state index contributed by atoms with van der Waals surface area (Å²) < 4.78 is 8.68. The molecule has 0 saturated carbocycles. The first-order valence-corrected chi connectivity index (χ1v) is 11.0. The minimum absolute atomic E-state index is 0.182. The lowest BCUT2D eigenvalue weighted by molar-refractivity contribution is -0.135. The SMILES string of the molecule is Cn1c(=O)n(C2CCC(=O)NC2=O)c2ccc(C#CCCNC(=O)OC(C)(C)C)c(Br)c21. The number of hydrogen-bond donors (Lipinski definition) is 2. The third kappa shape index (κ3) is 5.05. The predicted octanol–water partition coefficient (Wildman–Crippen LogP) is 2.35. The molecular formula is C22H25BrN4O5. The van der Waals surface area contributed by atoms with E-state index < -0.39 is 23.6 Å². The van der Waals surface area contributed by atoms with Gasteiger partial charge >= 0.3 is 11.8 Å². The first-order valence-electron chi connectivity index (χ1n) is 10.2. The molecule has 0 bridgehead atoms. The van der Waals surface area contributed by atoms with Crippen LogP contribution >= 0.6 is 15.9 Å². The summed E-state index contributed by atoms with van der Waals surface area (Å²) in [5.41, 5.74) is 0.956. The molecule has 1 aliphatic rings. The van der Waals surface area contributed by atoms with Gasteiger partial charge in [0.25, 0.3) is 0 Å². The van der Waals surface area contributed by atoms with Crippen molar-refractivity contribution < 1.29 is 19.1 Å². The molecule has 2 aromatic rings. The van der Waals surface area contributed by atoms with Crippen LogP contribution in [0.4, 0.5) is 4.79 Å². The van der Waals surface area contributed by atoms with Crippen molar-refractivity contribution in [2.45, 2.75) is 51.7 Å². The fraction of sp³-hybridized carbons (Fsp3) is 0.455. The Morgan fingerprint density at radius 2 is 2.03 bits per heavy atom. The maximum Gasteiger partial charge on any atom is 0.407 e. The molecule has 0 aliphatic carbocycles. The molecule has 1 saturated heterocycles. The van der Waals surface area contributed by atoms with Gasteiger partial charge in [-0.1, -0.05) is 11.8 Å². The Bertz CT molecular complexity index is 1210. The van der Waals surface area contributed by atoms with Crippen molar-refractivity contribution in [3.05, 3.63) is 32.7 Å². The number of amides is 3. The molecule has 170 valence electrons. The maximum absolute atomic E-state index is 12.9. The molecule has 3 rings (SSSR count). The number of alkyl carbamates (subject to hydrolysis) is 1. The van der Waals surface area contributed by atoms with Gasteiger partial charge < -0.3 is 10.1 Å². The molecule has 2 N–H and O–H groups in total. The maximum atomic E-state index is 12.9. The number of piperidine rings is 1. The van der Waals surface area contributed by atoms with Gasteiger partial charge in [0.05, 0.1) is 15.5 Å². The fourth-order valence-electron chi connectivity index (χ4n) is 3.45. The van der Waals surface area contributed by atoms with Crippen LogP contribution in [0.5, 0.6) is 0 Å². The van der Waals surface area contributed by atoms with E-state index in [1.54, 1.807) is 40.0 Å². The van der Waals surface area contributed by atoms with Gasteiger partial charge in [0.2, 0.25) is 11.8 Å². The number of hydrogen-bond acceptors (Lipinski definition) is 5. The van der Waals surface area contributed by atoms with Crippen LogP contribution < -0.4 is 16.3 Å². The van der Waals surface area contributed by atoms with E-state index in [2.05, 4.69) is 38.4 Å². The van der Waals surface area contributed by atoms with E-state index in [0.29, 0.717) is 34.0 Å². The van der Waals surface area contributed by atoms with Crippen LogP contribution in [0, 0.1) is 11.8 Å². The zero-order valence-electron chi connectivity index (χ0n) is 18.4. The van der Waals surface area contributed by atoms with Crippen molar-refractivity contribution in [3.8, 4) is 11.8 Å². The van der Waals surface area contributed by atoms with E-state index in [1.807, 2.05) is 0 Å². The number of rotatable bonds is 3. The number of aromatic nitrogens is 2. The molecule has 1 fully saturated rings. The number of aryl methyl sites for hydroxylation is 1. The standard InChI is InChI=1S/C22H25BrN4O5/c1-22(2,3)32-20(30)24-12-6-5-7-13-8-9-14-18(17(13)23)26(4)21(31)27(14)15-10-11-16(28)25-19(15)29/h8-9,15H,6,10-12H2,1-4H3,(H,24,30)(H,25,28,29). The molecule has 1 unspecified atom stereocenters. The topological polar surface area (TPSA) is 111 Å². The van der Waals surface area contributed by atoms with Gasteiger partial charge in [0, 0.05) is 32.0 Å². The molecule has 1 aromatic heterocycles. The molecule has 0 radical (unpaired) electrons. The summed E-state index contributed by atoms with van der Waals surface area (Å²) >= 11 is 3.53. The Balaban J connectivity index is 1.80. The lowest BCUT2D eigenvalue weighted by atomic mass is 10.1. The summed E-state index contributed by atoms with van der Waals surface area (Å²) in [6, 6.07) is 2.77. The third-order valence-electron chi connectivity index (χ3n) is 4.85. The quantitative estimate of drug-likeness (QED) is 0.378. The van der Waals surface area contributed by atoms with E-state index in [-0.39, 0.29) is 24.4 Å². The number of nitrogens with zero attached hydrogens (tertiary/aromatic N) is 2. The van der Waals surface area contributed by atoms with Crippen molar-refractivity contribution in [2.75, 3.05) is 6.54 Å². The minimum atomic E-state index is -0.744. The lowest BCUT2D eigenvalue weighted by Crippen LogP contribution is -2.44. The second-order valence-electron chi connectivity index (χ2n) is 8.45. The van der Waals surface area contributed by atoms with Gasteiger partial charge in [0.15, 0.2) is 0 Å². The number of imide groups is 1. The summed E-state index contributed by atoms with van der Waals surface area (Å²) in [5, 5.41) is 4.94. The van der Waals surface area contributed by atoms with Gasteiger partial charge in [-0.25, -0.2) is 9.59 Å². The van der Waals surface area contributed by atoms with Crippen LogP contribution in [0.1, 0.15) is 51.6 Å². The molecule has 1 atom stereocenters. The highest BCUT2D eigenvalue weighted by atomic mass is 79.9. The molecule has 9 nitrogen and oxygen atoms in total. The Labute approximate surface area is 193 Å². The van der Waals surface area contributed by atoms with Gasteiger partial charge in [0.1, 0.15) is 11.6 Å². The van der Waals surface area contributed by atoms with Crippen molar-refractivity contribution in [1.82, 2.24) is 19.8 Å². The van der Waals surface area contributed by atoms with Crippen LogP contribution in [0.15, 0.2) is 21.4 Å². The monoisotopic (exact) mass is 504 g/mol. The highest BCUT2D eigenvalue weighted by Gasteiger charge is 2.31. The highest BCUT2D eigenvalue weighted by molar-refractivity contribution is 9.10. The number of carbonyl (C=O) groups excluding carboxylic acids is 3. The number of imidazole rings is 1. The second kappa shape index (κ2) is 9.20. The number of carbonyl (C=O) groups is 3. The normalized spacial score (nSPS) is 16.3. The Morgan fingerprint density at radius 3 is 2.69 bits per heavy atom. The largest absolute Gasteiger partial charge is 0.444 e. The number of benzene rings is 1. The van der Waals surface area contributed by atoms with Crippen LogP contribution in [0.2, 0.25) is 0 Å². The predicted molar refractivity (Wildman–Crippen MR) is 122 cm³/mol. The second-order valence-corrected chi connectivity index (χ2v) is 9.25. The van der Waals surface area contributed by atoms with Crippen molar-refractivity contribution in [1.29, 1.82) is 0 Å². The first-order chi connectivity index (χ1) is 15.0. The summed E-state index contributed by atoms with van der Waals surface area (Å²) in [6.45, 7) is 5.72. The van der Waals surface area contributed by atoms with Crippen molar-refractivity contribution in [3.63, 3.8) is 0 Å². The van der Waals surface area contributed by atoms with Gasteiger partial charge in [-0.15, -0.1) is 0 Å². The lowest BCUT2D eigenvalue weighted by Gasteiger charge is -2.21. The Kier molecular flexibility index (Phi) is 6.79. The Morgan fingerprint density at radius 1 is 1.31 bits per heavy atom. The highest BCUT2D eigenvalue weighted by Crippen LogP contribution is 2.29. The van der Waals surface area contributed by atoms with E-state index in [9.17, 15) is 19.2 Å². The molecule has 1 aromatic carbocycles. The average Bonchev–Trinajstić information content (AvgIpc) is 2.93. The summed E-state index contributed by atoms with van der Waals surface area (Å²) in [4.78, 5) is 48.3. The number of fused-ring (bicyclic) bond motifs is 1. The average molecular weight is 505 g/mol. The molecular weight excluding hydrogens is 480 g/mol. The first kappa shape index (κ1) is 23.6. The molecule has 32 heavy (non-hydrogen) atoms.